The van der Waals surface area contributed by atoms with Crippen molar-refractivity contribution in [2.45, 2.75) is 32.4 Å². The summed E-state index contributed by atoms with van der Waals surface area (Å²) in [5.74, 6) is 0. The van der Waals surface area contributed by atoms with E-state index in [0.29, 0.717) is 18.6 Å². The molecule has 2 unspecified atom stereocenters. The van der Waals surface area contributed by atoms with Crippen molar-refractivity contribution in [2.75, 3.05) is 6.54 Å². The molecule has 3 heteroatoms. The highest BCUT2D eigenvalue weighted by molar-refractivity contribution is 7.09. The molecule has 1 aromatic rings. The third-order valence-electron chi connectivity index (χ3n) is 2.01. The molecule has 74 valence electrons. The molecule has 0 bridgehead atoms. The second-order valence-electron chi connectivity index (χ2n) is 3.49. The van der Waals surface area contributed by atoms with Crippen molar-refractivity contribution >= 4 is 11.3 Å². The largest absolute Gasteiger partial charge is 0.329 e. The van der Waals surface area contributed by atoms with Crippen molar-refractivity contribution < 1.29 is 0 Å². The van der Waals surface area contributed by atoms with E-state index < -0.39 is 0 Å². The minimum atomic E-state index is 0.412. The van der Waals surface area contributed by atoms with Gasteiger partial charge in [0.1, 0.15) is 0 Å². The van der Waals surface area contributed by atoms with E-state index in [1.807, 2.05) is 11.3 Å². The number of nitrogens with two attached hydrogens (primary N) is 1. The summed E-state index contributed by atoms with van der Waals surface area (Å²) in [6.45, 7) is 5.02. The van der Waals surface area contributed by atoms with Crippen molar-refractivity contribution in [3.8, 4) is 0 Å². The number of hydrogen-bond donors (Lipinski definition) is 2. The molecule has 0 aliphatic carbocycles. The Morgan fingerprint density at radius 2 is 2.23 bits per heavy atom. The van der Waals surface area contributed by atoms with Gasteiger partial charge >= 0.3 is 0 Å². The Kier molecular flexibility index (Phi) is 4.42. The molecule has 0 fully saturated rings. The van der Waals surface area contributed by atoms with Gasteiger partial charge in [-0.1, -0.05) is 6.07 Å². The van der Waals surface area contributed by atoms with Crippen LogP contribution >= 0.6 is 11.3 Å². The summed E-state index contributed by atoms with van der Waals surface area (Å²) in [7, 11) is 0. The zero-order chi connectivity index (χ0) is 9.68. The fourth-order valence-electron chi connectivity index (χ4n) is 1.34. The highest BCUT2D eigenvalue weighted by Crippen LogP contribution is 2.10. The van der Waals surface area contributed by atoms with Crippen LogP contribution in [0, 0.1) is 0 Å². The Morgan fingerprint density at radius 3 is 2.77 bits per heavy atom. The van der Waals surface area contributed by atoms with Crippen LogP contribution in [-0.2, 0) is 6.42 Å². The molecule has 3 N–H and O–H groups in total. The fraction of sp³-hybridized carbons (Fsp3) is 0.600. The molecule has 0 aliphatic rings. The molecule has 0 radical (unpaired) electrons. The highest BCUT2D eigenvalue weighted by atomic mass is 32.1. The molecule has 0 amide bonds. The Balaban J connectivity index is 2.29. The number of thiophene rings is 1. The van der Waals surface area contributed by atoms with Crippen LogP contribution < -0.4 is 11.1 Å². The highest BCUT2D eigenvalue weighted by Gasteiger charge is 2.06. The molecule has 0 aliphatic heterocycles. The van der Waals surface area contributed by atoms with Gasteiger partial charge in [-0.25, -0.2) is 0 Å². The topological polar surface area (TPSA) is 38.0 Å². The van der Waals surface area contributed by atoms with Crippen molar-refractivity contribution in [2.24, 2.45) is 5.73 Å². The molecule has 1 heterocycles. The Hall–Kier alpha value is -0.380. The quantitative estimate of drug-likeness (QED) is 0.754. The number of nitrogens with one attached hydrogen (secondary N) is 1. The van der Waals surface area contributed by atoms with Crippen molar-refractivity contribution in [1.29, 1.82) is 0 Å². The number of rotatable bonds is 5. The average molecular weight is 198 g/mol. The summed E-state index contributed by atoms with van der Waals surface area (Å²) in [6, 6.07) is 5.20. The summed E-state index contributed by atoms with van der Waals surface area (Å²) in [5.41, 5.74) is 5.53. The lowest BCUT2D eigenvalue weighted by Crippen LogP contribution is -2.40. The average Bonchev–Trinajstić information content (AvgIpc) is 2.56. The van der Waals surface area contributed by atoms with Crippen LogP contribution in [-0.4, -0.2) is 18.6 Å². The lowest BCUT2D eigenvalue weighted by Gasteiger charge is -2.17. The van der Waals surface area contributed by atoms with Gasteiger partial charge in [-0.05, 0) is 31.7 Å². The standard InChI is InChI=1S/C10H18N2S/c1-8(12-9(2)7-11)6-10-4-3-5-13-10/h3-5,8-9,12H,6-7,11H2,1-2H3. The third kappa shape index (κ3) is 3.89. The molecule has 0 spiro atoms. The SMILES string of the molecule is CC(CN)NC(C)Cc1cccs1. The van der Waals surface area contributed by atoms with Crippen LogP contribution in [0.3, 0.4) is 0 Å². The van der Waals surface area contributed by atoms with Gasteiger partial charge < -0.3 is 11.1 Å². The normalized spacial score (nSPS) is 15.6. The minimum Gasteiger partial charge on any atom is -0.329 e. The van der Waals surface area contributed by atoms with Crippen LogP contribution in [0.1, 0.15) is 18.7 Å². The molecule has 0 saturated heterocycles. The van der Waals surface area contributed by atoms with E-state index in [1.165, 1.54) is 4.88 Å². The summed E-state index contributed by atoms with van der Waals surface area (Å²) >= 11 is 1.81. The van der Waals surface area contributed by atoms with Gasteiger partial charge in [0.15, 0.2) is 0 Å². The second-order valence-corrected chi connectivity index (χ2v) is 4.52. The van der Waals surface area contributed by atoms with Gasteiger partial charge in [0, 0.05) is 23.5 Å². The zero-order valence-corrected chi connectivity index (χ0v) is 9.10. The lowest BCUT2D eigenvalue weighted by atomic mass is 10.2. The van der Waals surface area contributed by atoms with Crippen LogP contribution in [0.2, 0.25) is 0 Å². The number of hydrogen-bond acceptors (Lipinski definition) is 3. The van der Waals surface area contributed by atoms with E-state index in [2.05, 4.69) is 36.7 Å². The van der Waals surface area contributed by atoms with E-state index in [9.17, 15) is 0 Å². The second kappa shape index (κ2) is 5.37. The molecule has 2 nitrogen and oxygen atoms in total. The zero-order valence-electron chi connectivity index (χ0n) is 8.29. The van der Waals surface area contributed by atoms with E-state index in [-0.39, 0.29) is 0 Å². The van der Waals surface area contributed by atoms with Crippen LogP contribution in [0.4, 0.5) is 0 Å². The van der Waals surface area contributed by atoms with Gasteiger partial charge in [-0.3, -0.25) is 0 Å². The Bertz CT molecular complexity index is 221. The van der Waals surface area contributed by atoms with E-state index in [0.717, 1.165) is 6.42 Å². The molecule has 0 saturated carbocycles. The predicted molar refractivity (Wildman–Crippen MR) is 59.1 cm³/mol. The first kappa shape index (κ1) is 10.7. The lowest BCUT2D eigenvalue weighted by molar-refractivity contribution is 0.472. The maximum Gasteiger partial charge on any atom is 0.0164 e. The first-order chi connectivity index (χ1) is 6.22. The predicted octanol–water partition coefficient (Wildman–Crippen LogP) is 1.62. The molecule has 1 aromatic heterocycles. The van der Waals surface area contributed by atoms with Gasteiger partial charge in [0.2, 0.25) is 0 Å². The van der Waals surface area contributed by atoms with Crippen molar-refractivity contribution in [3.63, 3.8) is 0 Å². The monoisotopic (exact) mass is 198 g/mol. The summed E-state index contributed by atoms with van der Waals surface area (Å²) in [6.07, 6.45) is 1.10. The van der Waals surface area contributed by atoms with E-state index in [1.54, 1.807) is 0 Å². The van der Waals surface area contributed by atoms with E-state index >= 15 is 0 Å². The summed E-state index contributed by atoms with van der Waals surface area (Å²) in [5, 5.41) is 5.57. The van der Waals surface area contributed by atoms with Crippen molar-refractivity contribution in [3.05, 3.63) is 22.4 Å². The molecular weight excluding hydrogens is 180 g/mol. The summed E-state index contributed by atoms with van der Waals surface area (Å²) in [4.78, 5) is 1.43. The minimum absolute atomic E-state index is 0.412. The van der Waals surface area contributed by atoms with E-state index in [4.69, 9.17) is 5.73 Å². The first-order valence-electron chi connectivity index (χ1n) is 4.71. The summed E-state index contributed by atoms with van der Waals surface area (Å²) < 4.78 is 0. The molecule has 13 heavy (non-hydrogen) atoms. The van der Waals surface area contributed by atoms with Gasteiger partial charge in [0.05, 0.1) is 0 Å². The molecule has 0 aromatic carbocycles. The maximum absolute atomic E-state index is 5.53. The molecular formula is C10H18N2S. The van der Waals surface area contributed by atoms with Crippen LogP contribution in [0.15, 0.2) is 17.5 Å². The van der Waals surface area contributed by atoms with Gasteiger partial charge in [-0.15, -0.1) is 11.3 Å². The third-order valence-corrected chi connectivity index (χ3v) is 2.91. The first-order valence-corrected chi connectivity index (χ1v) is 5.59. The van der Waals surface area contributed by atoms with Crippen LogP contribution in [0.25, 0.3) is 0 Å². The van der Waals surface area contributed by atoms with Gasteiger partial charge in [-0.2, -0.15) is 0 Å². The maximum atomic E-state index is 5.53. The Labute approximate surface area is 84.2 Å². The van der Waals surface area contributed by atoms with Gasteiger partial charge in [0.25, 0.3) is 0 Å². The smallest absolute Gasteiger partial charge is 0.0164 e. The van der Waals surface area contributed by atoms with Crippen LogP contribution in [0.5, 0.6) is 0 Å². The molecule has 2 atom stereocenters. The fourth-order valence-corrected chi connectivity index (χ4v) is 2.18. The molecule has 1 rings (SSSR count). The van der Waals surface area contributed by atoms with Crippen molar-refractivity contribution in [1.82, 2.24) is 5.32 Å². The Morgan fingerprint density at radius 1 is 1.46 bits per heavy atom.